The van der Waals surface area contributed by atoms with Crippen molar-refractivity contribution < 1.29 is 9.47 Å². The summed E-state index contributed by atoms with van der Waals surface area (Å²) in [6.07, 6.45) is 3.11. The Kier molecular flexibility index (Phi) is 3.76. The van der Waals surface area contributed by atoms with Gasteiger partial charge in [0.2, 0.25) is 0 Å². The van der Waals surface area contributed by atoms with Crippen molar-refractivity contribution in [2.24, 2.45) is 0 Å². The number of hydrogen-bond acceptors (Lipinski definition) is 2. The van der Waals surface area contributed by atoms with Crippen LogP contribution in [0.4, 0.5) is 0 Å². The van der Waals surface area contributed by atoms with Crippen LogP contribution in [0.2, 0.25) is 0 Å². The van der Waals surface area contributed by atoms with E-state index in [1.54, 1.807) is 7.11 Å². The van der Waals surface area contributed by atoms with Crippen molar-refractivity contribution >= 4 is 5.57 Å². The van der Waals surface area contributed by atoms with Crippen LogP contribution in [0.25, 0.3) is 5.57 Å². The van der Waals surface area contributed by atoms with Crippen molar-refractivity contribution in [3.05, 3.63) is 35.4 Å². The molecule has 0 atom stereocenters. The summed E-state index contributed by atoms with van der Waals surface area (Å²) in [6, 6.07) is 6.54. The minimum absolute atomic E-state index is 0.149. The van der Waals surface area contributed by atoms with Gasteiger partial charge in [-0.05, 0) is 29.0 Å². The first kappa shape index (κ1) is 13.2. The molecular weight excluding hydrogens is 224 g/mol. The third-order valence-electron chi connectivity index (χ3n) is 3.38. The Morgan fingerprint density at radius 1 is 1.22 bits per heavy atom. The molecule has 0 bridgehead atoms. The van der Waals surface area contributed by atoms with Gasteiger partial charge < -0.3 is 9.47 Å². The van der Waals surface area contributed by atoms with E-state index in [2.05, 4.69) is 45.0 Å². The third kappa shape index (κ3) is 2.75. The molecule has 0 fully saturated rings. The van der Waals surface area contributed by atoms with Gasteiger partial charge in [0, 0.05) is 5.56 Å². The van der Waals surface area contributed by atoms with Crippen LogP contribution in [0.3, 0.4) is 0 Å². The summed E-state index contributed by atoms with van der Waals surface area (Å²) < 4.78 is 10.9. The Morgan fingerprint density at radius 2 is 2.00 bits per heavy atom. The second-order valence-electron chi connectivity index (χ2n) is 5.72. The molecule has 2 nitrogen and oxygen atoms in total. The molecule has 0 unspecified atom stereocenters. The molecule has 1 heterocycles. The molecule has 0 saturated carbocycles. The SMILES string of the molecule is COc1cc(C(C)(C)C)ccc1C1=CCOCC1. The fourth-order valence-electron chi connectivity index (χ4n) is 2.19. The van der Waals surface area contributed by atoms with E-state index in [-0.39, 0.29) is 5.41 Å². The van der Waals surface area contributed by atoms with Crippen molar-refractivity contribution in [1.82, 2.24) is 0 Å². The average Bonchev–Trinajstić information content (AvgIpc) is 2.38. The minimum atomic E-state index is 0.149. The van der Waals surface area contributed by atoms with E-state index in [0.717, 1.165) is 18.8 Å². The lowest BCUT2D eigenvalue weighted by Crippen LogP contribution is -2.12. The lowest BCUT2D eigenvalue weighted by molar-refractivity contribution is 0.161. The Balaban J connectivity index is 2.40. The predicted molar refractivity (Wildman–Crippen MR) is 75.1 cm³/mol. The van der Waals surface area contributed by atoms with Gasteiger partial charge in [0.1, 0.15) is 5.75 Å². The highest BCUT2D eigenvalue weighted by Gasteiger charge is 2.17. The number of methoxy groups -OCH3 is 1. The van der Waals surface area contributed by atoms with E-state index in [1.165, 1.54) is 16.7 Å². The van der Waals surface area contributed by atoms with Crippen molar-refractivity contribution in [2.75, 3.05) is 20.3 Å². The first-order chi connectivity index (χ1) is 8.52. The summed E-state index contributed by atoms with van der Waals surface area (Å²) in [7, 11) is 1.74. The van der Waals surface area contributed by atoms with Gasteiger partial charge in [0.25, 0.3) is 0 Å². The van der Waals surface area contributed by atoms with Gasteiger partial charge in [0.05, 0.1) is 20.3 Å². The van der Waals surface area contributed by atoms with E-state index in [4.69, 9.17) is 9.47 Å². The molecule has 1 aliphatic rings. The van der Waals surface area contributed by atoms with Crippen LogP contribution >= 0.6 is 0 Å². The molecular formula is C16H22O2. The van der Waals surface area contributed by atoms with Crippen molar-refractivity contribution in [1.29, 1.82) is 0 Å². The molecule has 0 aliphatic carbocycles. The molecule has 0 radical (unpaired) electrons. The minimum Gasteiger partial charge on any atom is -0.496 e. The summed E-state index contributed by atoms with van der Waals surface area (Å²) in [5.74, 6) is 0.968. The molecule has 0 aromatic heterocycles. The third-order valence-corrected chi connectivity index (χ3v) is 3.38. The zero-order valence-electron chi connectivity index (χ0n) is 11.7. The molecule has 0 N–H and O–H groups in total. The number of benzene rings is 1. The van der Waals surface area contributed by atoms with Crippen LogP contribution in [0.1, 0.15) is 38.3 Å². The van der Waals surface area contributed by atoms with Crippen LogP contribution in [0.15, 0.2) is 24.3 Å². The highest BCUT2D eigenvalue weighted by molar-refractivity contribution is 5.71. The first-order valence-electron chi connectivity index (χ1n) is 6.48. The van der Waals surface area contributed by atoms with Gasteiger partial charge in [0.15, 0.2) is 0 Å². The van der Waals surface area contributed by atoms with E-state index >= 15 is 0 Å². The van der Waals surface area contributed by atoms with Crippen molar-refractivity contribution in [2.45, 2.75) is 32.6 Å². The second-order valence-corrected chi connectivity index (χ2v) is 5.72. The van der Waals surface area contributed by atoms with Gasteiger partial charge in [-0.3, -0.25) is 0 Å². The van der Waals surface area contributed by atoms with Crippen molar-refractivity contribution in [3.8, 4) is 5.75 Å². The molecule has 18 heavy (non-hydrogen) atoms. The van der Waals surface area contributed by atoms with Crippen LogP contribution < -0.4 is 4.74 Å². The Labute approximate surface area is 110 Å². The Bertz CT molecular complexity index is 453. The molecule has 98 valence electrons. The highest BCUT2D eigenvalue weighted by atomic mass is 16.5. The number of ether oxygens (including phenoxy) is 2. The maximum atomic E-state index is 5.55. The van der Waals surface area contributed by atoms with Gasteiger partial charge in [-0.1, -0.05) is 39.0 Å². The topological polar surface area (TPSA) is 18.5 Å². The summed E-state index contributed by atoms with van der Waals surface area (Å²) >= 11 is 0. The molecule has 0 spiro atoms. The quantitative estimate of drug-likeness (QED) is 0.790. The average molecular weight is 246 g/mol. The van der Waals surface area contributed by atoms with Gasteiger partial charge in [-0.25, -0.2) is 0 Å². The monoisotopic (exact) mass is 246 g/mol. The zero-order chi connectivity index (χ0) is 13.2. The van der Waals surface area contributed by atoms with Crippen LogP contribution in [-0.4, -0.2) is 20.3 Å². The Morgan fingerprint density at radius 3 is 2.56 bits per heavy atom. The summed E-state index contributed by atoms with van der Waals surface area (Å²) in [5, 5.41) is 0. The van der Waals surface area contributed by atoms with E-state index < -0.39 is 0 Å². The molecule has 2 rings (SSSR count). The van der Waals surface area contributed by atoms with Crippen LogP contribution in [0, 0.1) is 0 Å². The highest BCUT2D eigenvalue weighted by Crippen LogP contribution is 2.34. The molecule has 2 heteroatoms. The molecule has 1 aliphatic heterocycles. The van der Waals surface area contributed by atoms with Crippen LogP contribution in [-0.2, 0) is 10.2 Å². The molecule has 0 saturated heterocycles. The standard InChI is InChI=1S/C16H22O2/c1-16(2,3)13-5-6-14(15(11-13)17-4)12-7-9-18-10-8-12/h5-7,11H,8-10H2,1-4H3. The number of hydrogen-bond donors (Lipinski definition) is 0. The normalized spacial score (nSPS) is 16.3. The van der Waals surface area contributed by atoms with E-state index in [9.17, 15) is 0 Å². The lowest BCUT2D eigenvalue weighted by Gasteiger charge is -2.22. The van der Waals surface area contributed by atoms with Crippen molar-refractivity contribution in [3.63, 3.8) is 0 Å². The van der Waals surface area contributed by atoms with E-state index in [0.29, 0.717) is 6.61 Å². The van der Waals surface area contributed by atoms with Gasteiger partial charge in [-0.2, -0.15) is 0 Å². The summed E-state index contributed by atoms with van der Waals surface area (Å²) in [4.78, 5) is 0. The maximum Gasteiger partial charge on any atom is 0.126 e. The fraction of sp³-hybridized carbons (Fsp3) is 0.500. The Hall–Kier alpha value is -1.28. The van der Waals surface area contributed by atoms with Gasteiger partial charge in [-0.15, -0.1) is 0 Å². The zero-order valence-corrected chi connectivity index (χ0v) is 11.7. The van der Waals surface area contributed by atoms with Crippen LogP contribution in [0.5, 0.6) is 5.75 Å². The fourth-order valence-corrected chi connectivity index (χ4v) is 2.19. The smallest absolute Gasteiger partial charge is 0.126 e. The van der Waals surface area contributed by atoms with E-state index in [1.807, 2.05) is 0 Å². The molecule has 0 amide bonds. The lowest BCUT2D eigenvalue weighted by atomic mass is 9.85. The maximum absolute atomic E-state index is 5.55. The van der Waals surface area contributed by atoms with Gasteiger partial charge >= 0.3 is 0 Å². The molecule has 1 aromatic carbocycles. The second kappa shape index (κ2) is 5.15. The molecule has 1 aromatic rings. The summed E-state index contributed by atoms with van der Waals surface area (Å²) in [5.41, 5.74) is 3.98. The largest absolute Gasteiger partial charge is 0.496 e. The summed E-state index contributed by atoms with van der Waals surface area (Å²) in [6.45, 7) is 8.16. The first-order valence-corrected chi connectivity index (χ1v) is 6.48. The predicted octanol–water partition coefficient (Wildman–Crippen LogP) is 3.80. The number of rotatable bonds is 2.